The van der Waals surface area contributed by atoms with Crippen molar-refractivity contribution in [2.24, 2.45) is 0 Å². The molecular weight excluding hydrogens is 328 g/mol. The summed E-state index contributed by atoms with van der Waals surface area (Å²) in [6.07, 6.45) is 0. The minimum absolute atomic E-state index is 0.867. The molecule has 0 aliphatic rings. The number of fused-ring (bicyclic) bond motifs is 1. The zero-order valence-corrected chi connectivity index (χ0v) is 15.0. The quantitative estimate of drug-likeness (QED) is 0.435. The van der Waals surface area contributed by atoms with Gasteiger partial charge < -0.3 is 9.47 Å². The van der Waals surface area contributed by atoms with Crippen LogP contribution in [0.15, 0.2) is 72.8 Å². The molecule has 0 unspecified atom stereocenters. The van der Waals surface area contributed by atoms with Crippen molar-refractivity contribution in [3.63, 3.8) is 0 Å². The fraction of sp³-hybridized carbons (Fsp3) is 0.0909. The number of methoxy groups -OCH3 is 2. The molecule has 0 fully saturated rings. The van der Waals surface area contributed by atoms with Crippen molar-refractivity contribution in [2.75, 3.05) is 14.2 Å². The smallest absolute Gasteiger partial charge is 0.120 e. The van der Waals surface area contributed by atoms with E-state index in [1.807, 2.05) is 24.3 Å². The molecule has 0 spiro atoms. The van der Waals surface area contributed by atoms with Crippen molar-refractivity contribution < 1.29 is 9.47 Å². The molecule has 1 aromatic heterocycles. The highest BCUT2D eigenvalue weighted by molar-refractivity contribution is 7.23. The largest absolute Gasteiger partial charge is 0.497 e. The highest BCUT2D eigenvalue weighted by Crippen LogP contribution is 2.45. The van der Waals surface area contributed by atoms with E-state index in [0.717, 1.165) is 11.5 Å². The van der Waals surface area contributed by atoms with Crippen molar-refractivity contribution >= 4 is 21.4 Å². The Labute approximate surface area is 151 Å². The van der Waals surface area contributed by atoms with Gasteiger partial charge in [0.25, 0.3) is 0 Å². The Morgan fingerprint density at radius 1 is 0.680 bits per heavy atom. The van der Waals surface area contributed by atoms with Crippen LogP contribution in [0.5, 0.6) is 11.5 Å². The minimum atomic E-state index is 0.867. The highest BCUT2D eigenvalue weighted by Gasteiger charge is 2.16. The number of ether oxygens (including phenoxy) is 2. The Hall–Kier alpha value is -2.78. The Morgan fingerprint density at radius 3 is 2.04 bits per heavy atom. The summed E-state index contributed by atoms with van der Waals surface area (Å²) < 4.78 is 11.9. The first kappa shape index (κ1) is 15.7. The molecule has 25 heavy (non-hydrogen) atoms. The summed E-state index contributed by atoms with van der Waals surface area (Å²) in [6, 6.07) is 25.1. The van der Waals surface area contributed by atoms with Crippen molar-refractivity contribution in [3.8, 4) is 33.1 Å². The van der Waals surface area contributed by atoms with E-state index >= 15 is 0 Å². The van der Waals surface area contributed by atoms with Gasteiger partial charge in [-0.05, 0) is 41.5 Å². The van der Waals surface area contributed by atoms with Gasteiger partial charge in [0.05, 0.1) is 14.2 Å². The van der Waals surface area contributed by atoms with Gasteiger partial charge in [-0.15, -0.1) is 11.3 Å². The predicted molar refractivity (Wildman–Crippen MR) is 106 cm³/mol. The number of hydrogen-bond acceptors (Lipinski definition) is 3. The third kappa shape index (κ3) is 2.87. The monoisotopic (exact) mass is 346 g/mol. The number of rotatable bonds is 4. The molecule has 0 atom stereocenters. The van der Waals surface area contributed by atoms with Crippen LogP contribution in [0.4, 0.5) is 0 Å². The molecule has 3 aromatic carbocycles. The highest BCUT2D eigenvalue weighted by atomic mass is 32.1. The normalized spacial score (nSPS) is 10.8. The van der Waals surface area contributed by atoms with Gasteiger partial charge in [0.1, 0.15) is 11.5 Å². The Morgan fingerprint density at radius 2 is 1.36 bits per heavy atom. The summed E-state index contributed by atoms with van der Waals surface area (Å²) in [7, 11) is 3.40. The van der Waals surface area contributed by atoms with Crippen molar-refractivity contribution in [3.05, 3.63) is 72.8 Å². The minimum Gasteiger partial charge on any atom is -0.497 e. The summed E-state index contributed by atoms with van der Waals surface area (Å²) in [5, 5.41) is 1.25. The summed E-state index contributed by atoms with van der Waals surface area (Å²) in [4.78, 5) is 1.27. The maximum atomic E-state index is 5.40. The lowest BCUT2D eigenvalue weighted by molar-refractivity contribution is 0.415. The molecule has 0 radical (unpaired) electrons. The second-order valence-electron chi connectivity index (χ2n) is 5.76. The van der Waals surface area contributed by atoms with Crippen LogP contribution in [0.3, 0.4) is 0 Å². The molecule has 0 bridgehead atoms. The fourth-order valence-electron chi connectivity index (χ4n) is 3.04. The lowest BCUT2D eigenvalue weighted by atomic mass is 9.99. The van der Waals surface area contributed by atoms with E-state index < -0.39 is 0 Å². The molecule has 0 N–H and O–H groups in total. The standard InChI is InChI=1S/C22H18O2S/c1-23-17-10-8-15(9-11-17)21-19-13-12-18(24-2)14-20(19)25-22(21)16-6-4-3-5-7-16/h3-14H,1-2H3. The molecule has 0 saturated heterocycles. The third-order valence-corrected chi connectivity index (χ3v) is 5.51. The average Bonchev–Trinajstić information content (AvgIpc) is 3.07. The summed E-state index contributed by atoms with van der Waals surface area (Å²) in [5.41, 5.74) is 3.68. The van der Waals surface area contributed by atoms with E-state index in [0.29, 0.717) is 0 Å². The first-order chi connectivity index (χ1) is 12.3. The van der Waals surface area contributed by atoms with Gasteiger partial charge in [0.2, 0.25) is 0 Å². The maximum absolute atomic E-state index is 5.40. The molecule has 0 saturated carbocycles. The van der Waals surface area contributed by atoms with Crippen molar-refractivity contribution in [2.45, 2.75) is 0 Å². The van der Waals surface area contributed by atoms with E-state index in [9.17, 15) is 0 Å². The summed E-state index contributed by atoms with van der Waals surface area (Å²) in [6.45, 7) is 0. The van der Waals surface area contributed by atoms with Crippen LogP contribution in [0.1, 0.15) is 0 Å². The van der Waals surface area contributed by atoms with Gasteiger partial charge in [-0.3, -0.25) is 0 Å². The lowest BCUT2D eigenvalue weighted by Gasteiger charge is -2.07. The van der Waals surface area contributed by atoms with Gasteiger partial charge in [-0.2, -0.15) is 0 Å². The van der Waals surface area contributed by atoms with Crippen LogP contribution >= 0.6 is 11.3 Å². The van der Waals surface area contributed by atoms with Crippen LogP contribution in [0.2, 0.25) is 0 Å². The first-order valence-electron chi connectivity index (χ1n) is 8.10. The lowest BCUT2D eigenvalue weighted by Crippen LogP contribution is -1.84. The topological polar surface area (TPSA) is 18.5 Å². The predicted octanol–water partition coefficient (Wildman–Crippen LogP) is 6.25. The third-order valence-electron chi connectivity index (χ3n) is 4.31. The first-order valence-corrected chi connectivity index (χ1v) is 8.92. The molecular formula is C22H18O2S. The van der Waals surface area contributed by atoms with E-state index in [4.69, 9.17) is 9.47 Å². The summed E-state index contributed by atoms with van der Waals surface area (Å²) in [5.74, 6) is 1.75. The molecule has 1 heterocycles. The van der Waals surface area contributed by atoms with Gasteiger partial charge >= 0.3 is 0 Å². The molecule has 4 rings (SSSR count). The second-order valence-corrected chi connectivity index (χ2v) is 6.82. The fourth-order valence-corrected chi connectivity index (χ4v) is 4.30. The van der Waals surface area contributed by atoms with E-state index in [1.54, 1.807) is 25.6 Å². The van der Waals surface area contributed by atoms with E-state index in [1.165, 1.54) is 31.7 Å². The second kappa shape index (κ2) is 6.61. The van der Waals surface area contributed by atoms with Crippen LogP contribution in [-0.2, 0) is 0 Å². The molecule has 4 aromatic rings. The molecule has 2 nitrogen and oxygen atoms in total. The molecule has 0 aliphatic carbocycles. The van der Waals surface area contributed by atoms with E-state index in [-0.39, 0.29) is 0 Å². The zero-order chi connectivity index (χ0) is 17.2. The number of thiophene rings is 1. The van der Waals surface area contributed by atoms with Gasteiger partial charge in [-0.25, -0.2) is 0 Å². The number of benzene rings is 3. The van der Waals surface area contributed by atoms with Crippen molar-refractivity contribution in [1.29, 1.82) is 0 Å². The van der Waals surface area contributed by atoms with E-state index in [2.05, 4.69) is 48.5 Å². The van der Waals surface area contributed by atoms with Gasteiger partial charge in [-0.1, -0.05) is 42.5 Å². The molecule has 0 aliphatic heterocycles. The maximum Gasteiger partial charge on any atom is 0.120 e. The zero-order valence-electron chi connectivity index (χ0n) is 14.2. The molecule has 3 heteroatoms. The summed E-state index contributed by atoms with van der Waals surface area (Å²) >= 11 is 1.80. The van der Waals surface area contributed by atoms with Gasteiger partial charge in [0, 0.05) is 20.5 Å². The molecule has 124 valence electrons. The Kier molecular flexibility index (Phi) is 4.16. The SMILES string of the molecule is COc1ccc(-c2c(-c3ccccc3)sc3cc(OC)ccc23)cc1. The molecule has 0 amide bonds. The van der Waals surface area contributed by atoms with Crippen LogP contribution in [0.25, 0.3) is 31.7 Å². The van der Waals surface area contributed by atoms with Crippen LogP contribution < -0.4 is 9.47 Å². The van der Waals surface area contributed by atoms with Crippen LogP contribution in [-0.4, -0.2) is 14.2 Å². The van der Waals surface area contributed by atoms with Gasteiger partial charge in [0.15, 0.2) is 0 Å². The van der Waals surface area contributed by atoms with Crippen LogP contribution in [0, 0.1) is 0 Å². The average molecular weight is 346 g/mol. The Bertz CT molecular complexity index is 1000. The Balaban J connectivity index is 1.98. The number of hydrogen-bond donors (Lipinski definition) is 0. The van der Waals surface area contributed by atoms with Crippen molar-refractivity contribution in [1.82, 2.24) is 0 Å².